The van der Waals surface area contributed by atoms with Crippen LogP contribution in [0.15, 0.2) is 41.5 Å². The summed E-state index contributed by atoms with van der Waals surface area (Å²) >= 11 is 0. The van der Waals surface area contributed by atoms with Gasteiger partial charge in [0.15, 0.2) is 0 Å². The van der Waals surface area contributed by atoms with E-state index in [1.165, 1.54) is 32.4 Å². The van der Waals surface area contributed by atoms with Gasteiger partial charge >= 0.3 is 6.18 Å². The predicted molar refractivity (Wildman–Crippen MR) is 109 cm³/mol. The van der Waals surface area contributed by atoms with E-state index in [4.69, 9.17) is 15.2 Å². The summed E-state index contributed by atoms with van der Waals surface area (Å²) in [5.41, 5.74) is 2.07. The molecule has 0 spiro atoms. The average molecular weight is 454 g/mol. The molecule has 2 heterocycles. The van der Waals surface area contributed by atoms with E-state index in [1.807, 2.05) is 0 Å². The van der Waals surface area contributed by atoms with Crippen molar-refractivity contribution in [3.05, 3.63) is 59.2 Å². The fourth-order valence-corrected chi connectivity index (χ4v) is 3.25. The number of aliphatic imine (C=N–C) groups is 1. The monoisotopic (exact) mass is 454 g/mol. The van der Waals surface area contributed by atoms with Crippen molar-refractivity contribution in [1.29, 1.82) is 0 Å². The largest absolute Gasteiger partial charge is 0.424 e. The number of nitrogens with zero attached hydrogens (tertiary/aromatic N) is 2. The number of amides is 1. The number of aromatic nitrogens is 1. The van der Waals surface area contributed by atoms with Crippen LogP contribution in [0.2, 0.25) is 0 Å². The molecule has 1 aromatic carbocycles. The van der Waals surface area contributed by atoms with E-state index in [0.717, 1.165) is 13.0 Å². The van der Waals surface area contributed by atoms with E-state index in [-0.39, 0.29) is 23.6 Å². The minimum absolute atomic E-state index is 0.0828. The van der Waals surface area contributed by atoms with E-state index in [9.17, 15) is 22.4 Å². The fraction of sp³-hybridized carbons (Fsp3) is 0.381. The molecular weight excluding hydrogens is 432 g/mol. The Balaban J connectivity index is 1.93. The van der Waals surface area contributed by atoms with E-state index in [1.54, 1.807) is 12.1 Å². The number of alkyl halides is 3. The molecule has 1 aliphatic heterocycles. The van der Waals surface area contributed by atoms with E-state index in [0.29, 0.717) is 5.56 Å². The molecule has 3 N–H and O–H groups in total. The molecule has 0 aliphatic carbocycles. The number of anilines is 1. The zero-order valence-electron chi connectivity index (χ0n) is 17.6. The number of hydrogen-bond acceptors (Lipinski definition) is 6. The van der Waals surface area contributed by atoms with Crippen LogP contribution in [-0.4, -0.2) is 42.2 Å². The van der Waals surface area contributed by atoms with Crippen LogP contribution in [0.5, 0.6) is 0 Å². The Hall–Kier alpha value is -3.05. The molecule has 3 rings (SSSR count). The summed E-state index contributed by atoms with van der Waals surface area (Å²) in [6, 6.07) is 7.01. The van der Waals surface area contributed by atoms with Gasteiger partial charge in [0, 0.05) is 30.1 Å². The zero-order chi connectivity index (χ0) is 23.7. The fourth-order valence-electron chi connectivity index (χ4n) is 3.25. The van der Waals surface area contributed by atoms with Gasteiger partial charge in [0.2, 0.25) is 5.60 Å². The van der Waals surface area contributed by atoms with Gasteiger partial charge in [0.1, 0.15) is 22.9 Å². The first-order valence-corrected chi connectivity index (χ1v) is 9.52. The quantitative estimate of drug-likeness (QED) is 0.674. The number of hydrogen-bond donors (Lipinski definition) is 2. The first kappa shape index (κ1) is 23.6. The molecule has 0 fully saturated rings. The highest BCUT2D eigenvalue weighted by Gasteiger charge is 2.59. The van der Waals surface area contributed by atoms with Gasteiger partial charge in [-0.3, -0.25) is 14.8 Å². The van der Waals surface area contributed by atoms with Crippen LogP contribution in [0, 0.1) is 5.82 Å². The van der Waals surface area contributed by atoms with Crippen LogP contribution >= 0.6 is 0 Å². The summed E-state index contributed by atoms with van der Waals surface area (Å²) in [5, 5.41) is 2.61. The number of halogens is 4. The standard InChI is InChI=1S/C21H22F4N4O3/c1-19(11-32-20(2,18(26)29-19)21(23,24)25)14-9-13(6-7-15(14)22)28-17(30)16-12(10-31-3)5-4-8-27-16/h4-9H,10-11H2,1-3H3,(H2,26,29)(H,28,30). The number of methoxy groups -OCH3 is 1. The minimum Gasteiger partial charge on any atom is -0.385 e. The molecule has 0 saturated heterocycles. The van der Waals surface area contributed by atoms with E-state index < -0.39 is 41.5 Å². The van der Waals surface area contributed by atoms with E-state index in [2.05, 4.69) is 15.3 Å². The van der Waals surface area contributed by atoms with Gasteiger partial charge in [-0.1, -0.05) is 6.07 Å². The lowest BCUT2D eigenvalue weighted by Gasteiger charge is -2.41. The third-order valence-electron chi connectivity index (χ3n) is 5.25. The van der Waals surface area contributed by atoms with Gasteiger partial charge in [-0.15, -0.1) is 0 Å². The molecule has 2 atom stereocenters. The van der Waals surface area contributed by atoms with Gasteiger partial charge in [-0.05, 0) is 38.1 Å². The van der Waals surface area contributed by atoms with Crippen molar-refractivity contribution in [2.45, 2.75) is 37.8 Å². The molecule has 0 bridgehead atoms. The van der Waals surface area contributed by atoms with Crippen molar-refractivity contribution in [3.8, 4) is 0 Å². The highest BCUT2D eigenvalue weighted by molar-refractivity contribution is 6.03. The second-order valence-corrected chi connectivity index (χ2v) is 7.68. The van der Waals surface area contributed by atoms with Crippen molar-refractivity contribution in [1.82, 2.24) is 4.98 Å². The molecule has 7 nitrogen and oxygen atoms in total. The number of benzene rings is 1. The normalized spacial score (nSPS) is 23.5. The first-order chi connectivity index (χ1) is 14.9. The molecule has 11 heteroatoms. The lowest BCUT2D eigenvalue weighted by molar-refractivity contribution is -0.249. The van der Waals surface area contributed by atoms with Gasteiger partial charge in [0.05, 0.1) is 13.2 Å². The van der Waals surface area contributed by atoms with Crippen molar-refractivity contribution >= 4 is 17.4 Å². The number of ether oxygens (including phenoxy) is 2. The SMILES string of the molecule is COCc1cccnc1C(=O)Nc1ccc(F)c(C2(C)COC(C)(C(F)(F)F)C(N)=N2)c1. The van der Waals surface area contributed by atoms with E-state index >= 15 is 0 Å². The predicted octanol–water partition coefficient (Wildman–Crippen LogP) is 3.54. The minimum atomic E-state index is -4.79. The van der Waals surface area contributed by atoms with Gasteiger partial charge in [0.25, 0.3) is 5.91 Å². The molecule has 2 aromatic rings. The number of carbonyl (C=O) groups excluding carboxylic acids is 1. The van der Waals surface area contributed by atoms with Crippen molar-refractivity contribution < 1.29 is 31.8 Å². The Morgan fingerprint density at radius 2 is 2.03 bits per heavy atom. The molecule has 32 heavy (non-hydrogen) atoms. The van der Waals surface area contributed by atoms with Crippen LogP contribution in [-0.2, 0) is 21.6 Å². The second-order valence-electron chi connectivity index (χ2n) is 7.68. The molecule has 0 radical (unpaired) electrons. The Bertz CT molecular complexity index is 1060. The Kier molecular flexibility index (Phi) is 6.25. The Morgan fingerprint density at radius 3 is 2.66 bits per heavy atom. The summed E-state index contributed by atoms with van der Waals surface area (Å²) in [6.07, 6.45) is -3.35. The maximum absolute atomic E-state index is 14.6. The summed E-state index contributed by atoms with van der Waals surface area (Å²) < 4.78 is 64.8. The molecule has 2 unspecified atom stereocenters. The number of amidine groups is 1. The highest BCUT2D eigenvalue weighted by Crippen LogP contribution is 2.41. The van der Waals surface area contributed by atoms with Gasteiger partial charge in [-0.2, -0.15) is 13.2 Å². The van der Waals surface area contributed by atoms with Gasteiger partial charge < -0.3 is 20.5 Å². The average Bonchev–Trinajstić information content (AvgIpc) is 2.72. The molecule has 1 amide bonds. The summed E-state index contributed by atoms with van der Waals surface area (Å²) in [7, 11) is 1.48. The Morgan fingerprint density at radius 1 is 1.31 bits per heavy atom. The summed E-state index contributed by atoms with van der Waals surface area (Å²) in [5.74, 6) is -2.11. The van der Waals surface area contributed by atoms with Crippen LogP contribution in [0.25, 0.3) is 0 Å². The maximum Gasteiger partial charge on any atom is 0.424 e. The van der Waals surface area contributed by atoms with Crippen molar-refractivity contribution in [3.63, 3.8) is 0 Å². The lowest BCUT2D eigenvalue weighted by Crippen LogP contribution is -2.60. The number of rotatable bonds is 5. The van der Waals surface area contributed by atoms with Crippen LogP contribution in [0.3, 0.4) is 0 Å². The third kappa shape index (κ3) is 4.30. The second kappa shape index (κ2) is 8.47. The van der Waals surface area contributed by atoms with Crippen LogP contribution < -0.4 is 11.1 Å². The van der Waals surface area contributed by atoms with Gasteiger partial charge in [-0.25, -0.2) is 4.39 Å². The smallest absolute Gasteiger partial charge is 0.385 e. The number of pyridine rings is 1. The molecule has 172 valence electrons. The van der Waals surface area contributed by atoms with Crippen molar-refractivity contribution in [2.24, 2.45) is 10.7 Å². The van der Waals surface area contributed by atoms with Crippen molar-refractivity contribution in [2.75, 3.05) is 19.0 Å². The first-order valence-electron chi connectivity index (χ1n) is 9.52. The zero-order valence-corrected chi connectivity index (χ0v) is 17.6. The third-order valence-corrected chi connectivity index (χ3v) is 5.25. The number of nitrogens with one attached hydrogen (secondary N) is 1. The van der Waals surface area contributed by atoms with Crippen LogP contribution in [0.1, 0.15) is 35.5 Å². The molecule has 0 saturated carbocycles. The molecule has 1 aromatic heterocycles. The topological polar surface area (TPSA) is 98.8 Å². The highest BCUT2D eigenvalue weighted by atomic mass is 19.4. The summed E-state index contributed by atoms with van der Waals surface area (Å²) in [6.45, 7) is 1.75. The van der Waals surface area contributed by atoms with Crippen LogP contribution in [0.4, 0.5) is 23.2 Å². The number of carbonyl (C=O) groups is 1. The Labute approximate surface area is 181 Å². The molecule has 1 aliphatic rings. The maximum atomic E-state index is 14.6. The molecular formula is C21H22F4N4O3. The summed E-state index contributed by atoms with van der Waals surface area (Å²) in [4.78, 5) is 20.7. The number of nitrogens with two attached hydrogens (primary N) is 1. The lowest BCUT2D eigenvalue weighted by atomic mass is 9.89.